The molecule has 5 nitrogen and oxygen atoms in total. The lowest BCUT2D eigenvalue weighted by molar-refractivity contribution is -0.121. The number of amides is 1. The molecule has 2 aromatic rings. The molecule has 1 aromatic carbocycles. The highest BCUT2D eigenvalue weighted by molar-refractivity contribution is 5.83. The number of aromatic nitrogens is 2. The first kappa shape index (κ1) is 16.1. The average Bonchev–Trinajstić information content (AvgIpc) is 3.01. The maximum absolute atomic E-state index is 11.9. The van der Waals surface area contributed by atoms with Crippen LogP contribution < -0.4 is 10.6 Å². The number of hydrogen-bond donors (Lipinski definition) is 2. The summed E-state index contributed by atoms with van der Waals surface area (Å²) in [6, 6.07) is 12.0. The SMILES string of the molecule is CCCNC(=O)[C@@H](C)Nc1ccn([C@H](C)c2ccccc2)n1. The first-order valence-electron chi connectivity index (χ1n) is 7.76. The zero-order valence-electron chi connectivity index (χ0n) is 13.4. The predicted molar refractivity (Wildman–Crippen MR) is 88.9 cm³/mol. The molecule has 118 valence electrons. The van der Waals surface area contributed by atoms with Crippen LogP contribution in [0.4, 0.5) is 5.82 Å². The van der Waals surface area contributed by atoms with Crippen LogP contribution in [0.1, 0.15) is 38.8 Å². The average molecular weight is 300 g/mol. The Kier molecular flexibility index (Phi) is 5.58. The summed E-state index contributed by atoms with van der Waals surface area (Å²) in [6.07, 6.45) is 2.86. The third-order valence-corrected chi connectivity index (χ3v) is 3.59. The summed E-state index contributed by atoms with van der Waals surface area (Å²) in [4.78, 5) is 11.9. The number of benzene rings is 1. The molecule has 1 amide bonds. The van der Waals surface area contributed by atoms with E-state index in [4.69, 9.17) is 0 Å². The molecule has 0 aliphatic rings. The molecule has 5 heteroatoms. The minimum Gasteiger partial charge on any atom is -0.357 e. The molecule has 0 fully saturated rings. The summed E-state index contributed by atoms with van der Waals surface area (Å²) < 4.78 is 1.90. The van der Waals surface area contributed by atoms with Gasteiger partial charge in [-0.3, -0.25) is 9.48 Å². The Bertz CT molecular complexity index is 594. The molecule has 0 unspecified atom stereocenters. The van der Waals surface area contributed by atoms with Crippen molar-refractivity contribution >= 4 is 11.7 Å². The topological polar surface area (TPSA) is 59.0 Å². The van der Waals surface area contributed by atoms with E-state index >= 15 is 0 Å². The maximum atomic E-state index is 11.9. The van der Waals surface area contributed by atoms with E-state index in [1.165, 1.54) is 5.56 Å². The highest BCUT2D eigenvalue weighted by Gasteiger charge is 2.14. The molecule has 0 aliphatic heterocycles. The smallest absolute Gasteiger partial charge is 0.242 e. The van der Waals surface area contributed by atoms with E-state index in [1.807, 2.05) is 49.0 Å². The van der Waals surface area contributed by atoms with Gasteiger partial charge in [0.25, 0.3) is 0 Å². The molecule has 0 saturated carbocycles. The van der Waals surface area contributed by atoms with Gasteiger partial charge in [0, 0.05) is 18.8 Å². The Labute approximate surface area is 131 Å². The van der Waals surface area contributed by atoms with Crippen LogP contribution in [-0.2, 0) is 4.79 Å². The molecule has 0 bridgehead atoms. The Hall–Kier alpha value is -2.30. The zero-order chi connectivity index (χ0) is 15.9. The summed E-state index contributed by atoms with van der Waals surface area (Å²) in [6.45, 7) is 6.67. The Morgan fingerprint density at radius 2 is 1.95 bits per heavy atom. The first-order chi connectivity index (χ1) is 10.6. The Balaban J connectivity index is 1.98. The van der Waals surface area contributed by atoms with Gasteiger partial charge in [0.1, 0.15) is 11.9 Å². The van der Waals surface area contributed by atoms with Gasteiger partial charge in [0.05, 0.1) is 6.04 Å². The van der Waals surface area contributed by atoms with Crippen molar-refractivity contribution in [3.05, 3.63) is 48.2 Å². The molecule has 0 radical (unpaired) electrons. The molecule has 0 saturated heterocycles. The van der Waals surface area contributed by atoms with E-state index in [2.05, 4.69) is 34.8 Å². The van der Waals surface area contributed by atoms with Gasteiger partial charge >= 0.3 is 0 Å². The Morgan fingerprint density at radius 3 is 2.64 bits per heavy atom. The van der Waals surface area contributed by atoms with Crippen LogP contribution in [0.3, 0.4) is 0 Å². The van der Waals surface area contributed by atoms with E-state index in [1.54, 1.807) is 0 Å². The summed E-state index contributed by atoms with van der Waals surface area (Å²) in [5.74, 6) is 0.703. The van der Waals surface area contributed by atoms with Crippen molar-refractivity contribution in [3.8, 4) is 0 Å². The number of nitrogens with zero attached hydrogens (tertiary/aromatic N) is 2. The van der Waals surface area contributed by atoms with Gasteiger partial charge in [0.2, 0.25) is 5.91 Å². The van der Waals surface area contributed by atoms with Crippen molar-refractivity contribution in [1.29, 1.82) is 0 Å². The molecule has 1 heterocycles. The predicted octanol–water partition coefficient (Wildman–Crippen LogP) is 2.82. The largest absolute Gasteiger partial charge is 0.357 e. The number of nitrogens with one attached hydrogen (secondary N) is 2. The number of rotatable bonds is 7. The van der Waals surface area contributed by atoms with Gasteiger partial charge in [-0.05, 0) is 25.8 Å². The van der Waals surface area contributed by atoms with Gasteiger partial charge in [-0.25, -0.2) is 0 Å². The summed E-state index contributed by atoms with van der Waals surface area (Å²) in [5.41, 5.74) is 1.20. The number of carbonyl (C=O) groups is 1. The molecule has 0 aliphatic carbocycles. The lowest BCUT2D eigenvalue weighted by atomic mass is 10.1. The Morgan fingerprint density at radius 1 is 1.23 bits per heavy atom. The number of carbonyl (C=O) groups excluding carboxylic acids is 1. The van der Waals surface area contributed by atoms with E-state index < -0.39 is 0 Å². The van der Waals surface area contributed by atoms with E-state index in [-0.39, 0.29) is 18.0 Å². The molecular formula is C17H24N4O. The summed E-state index contributed by atoms with van der Waals surface area (Å²) in [5, 5.41) is 10.5. The van der Waals surface area contributed by atoms with Crippen LogP contribution in [0.5, 0.6) is 0 Å². The van der Waals surface area contributed by atoms with E-state index in [0.29, 0.717) is 12.4 Å². The molecule has 1 aromatic heterocycles. The van der Waals surface area contributed by atoms with E-state index in [9.17, 15) is 4.79 Å². The molecule has 2 rings (SSSR count). The lowest BCUT2D eigenvalue weighted by Gasteiger charge is -2.14. The van der Waals surface area contributed by atoms with Crippen LogP contribution in [0.15, 0.2) is 42.6 Å². The fourth-order valence-electron chi connectivity index (χ4n) is 2.20. The van der Waals surface area contributed by atoms with Crippen molar-refractivity contribution in [2.75, 3.05) is 11.9 Å². The van der Waals surface area contributed by atoms with E-state index in [0.717, 1.165) is 6.42 Å². The normalized spacial score (nSPS) is 13.4. The van der Waals surface area contributed by atoms with Gasteiger partial charge in [0.15, 0.2) is 0 Å². The second-order valence-corrected chi connectivity index (χ2v) is 5.42. The maximum Gasteiger partial charge on any atom is 0.242 e. The third kappa shape index (κ3) is 4.10. The summed E-state index contributed by atoms with van der Waals surface area (Å²) >= 11 is 0. The fraction of sp³-hybridized carbons (Fsp3) is 0.412. The minimum atomic E-state index is -0.304. The van der Waals surface area contributed by atoms with Crippen LogP contribution in [0.2, 0.25) is 0 Å². The van der Waals surface area contributed by atoms with Crippen LogP contribution in [0, 0.1) is 0 Å². The van der Waals surface area contributed by atoms with Crippen molar-refractivity contribution < 1.29 is 4.79 Å². The summed E-state index contributed by atoms with van der Waals surface area (Å²) in [7, 11) is 0. The second-order valence-electron chi connectivity index (χ2n) is 5.42. The number of anilines is 1. The second kappa shape index (κ2) is 7.64. The first-order valence-corrected chi connectivity index (χ1v) is 7.76. The molecule has 2 atom stereocenters. The molecular weight excluding hydrogens is 276 g/mol. The standard InChI is InChI=1S/C17H24N4O/c1-4-11-18-17(22)13(2)19-16-10-12-21(20-16)14(3)15-8-6-5-7-9-15/h5-10,12-14H,4,11H2,1-3H3,(H,18,22)(H,19,20)/t13-,14-/m1/s1. The fourth-order valence-corrected chi connectivity index (χ4v) is 2.20. The van der Waals surface area contributed by atoms with Crippen molar-refractivity contribution in [2.24, 2.45) is 0 Å². The van der Waals surface area contributed by atoms with Gasteiger partial charge in [-0.1, -0.05) is 37.3 Å². The number of hydrogen-bond acceptors (Lipinski definition) is 3. The molecule has 0 spiro atoms. The monoisotopic (exact) mass is 300 g/mol. The third-order valence-electron chi connectivity index (χ3n) is 3.59. The van der Waals surface area contributed by atoms with Crippen LogP contribution >= 0.6 is 0 Å². The van der Waals surface area contributed by atoms with Crippen molar-refractivity contribution in [2.45, 2.75) is 39.3 Å². The van der Waals surface area contributed by atoms with Gasteiger partial charge < -0.3 is 10.6 Å². The van der Waals surface area contributed by atoms with Crippen LogP contribution in [0.25, 0.3) is 0 Å². The minimum absolute atomic E-state index is 0.00694. The quantitative estimate of drug-likeness (QED) is 0.826. The van der Waals surface area contributed by atoms with Crippen LogP contribution in [-0.4, -0.2) is 28.3 Å². The molecule has 2 N–H and O–H groups in total. The van der Waals surface area contributed by atoms with Crippen molar-refractivity contribution in [1.82, 2.24) is 15.1 Å². The highest BCUT2D eigenvalue weighted by Crippen LogP contribution is 2.18. The zero-order valence-corrected chi connectivity index (χ0v) is 13.4. The highest BCUT2D eigenvalue weighted by atomic mass is 16.2. The van der Waals surface area contributed by atoms with Crippen molar-refractivity contribution in [3.63, 3.8) is 0 Å². The van der Waals surface area contributed by atoms with Gasteiger partial charge in [-0.2, -0.15) is 5.10 Å². The van der Waals surface area contributed by atoms with Gasteiger partial charge in [-0.15, -0.1) is 0 Å². The molecule has 22 heavy (non-hydrogen) atoms. The lowest BCUT2D eigenvalue weighted by Crippen LogP contribution is -2.38.